The van der Waals surface area contributed by atoms with Gasteiger partial charge in [0.2, 0.25) is 0 Å². The molecule has 1 nitrogen and oxygen atoms in total. The fraction of sp³-hybridized carbons (Fsp3) is 1.00. The number of hydrogen-bond donors (Lipinski definition) is 0. The van der Waals surface area contributed by atoms with E-state index in [4.69, 9.17) is 4.74 Å². The second-order valence-corrected chi connectivity index (χ2v) is 2.81. The van der Waals surface area contributed by atoms with Crippen LogP contribution in [0.5, 0.6) is 0 Å². The van der Waals surface area contributed by atoms with Crippen molar-refractivity contribution < 1.29 is 9.13 Å². The lowest BCUT2D eigenvalue weighted by Crippen LogP contribution is -2.15. The summed E-state index contributed by atoms with van der Waals surface area (Å²) in [6.07, 6.45) is 0.255. The summed E-state index contributed by atoms with van der Waals surface area (Å²) in [6.45, 7) is 4.42. The Morgan fingerprint density at radius 3 is 2.44 bits per heavy atom. The van der Waals surface area contributed by atoms with Crippen molar-refractivity contribution in [3.8, 4) is 0 Å². The molecule has 54 valence electrons. The Bertz CT molecular complexity index is 94.9. The second-order valence-electron chi connectivity index (χ2n) is 2.81. The van der Waals surface area contributed by atoms with E-state index in [1.807, 2.05) is 13.8 Å². The highest BCUT2D eigenvalue weighted by atomic mass is 19.1. The molecule has 3 unspecified atom stereocenters. The van der Waals surface area contributed by atoms with Crippen LogP contribution in [-0.2, 0) is 4.74 Å². The summed E-state index contributed by atoms with van der Waals surface area (Å²) in [6, 6.07) is 0. The lowest BCUT2D eigenvalue weighted by molar-refractivity contribution is 0.107. The minimum absolute atomic E-state index is 0.153. The van der Waals surface area contributed by atoms with E-state index in [9.17, 15) is 4.39 Å². The molecule has 1 aliphatic rings. The zero-order valence-corrected chi connectivity index (χ0v) is 5.93. The van der Waals surface area contributed by atoms with Gasteiger partial charge in [-0.2, -0.15) is 0 Å². The molecule has 0 saturated carbocycles. The maximum absolute atomic E-state index is 12.0. The monoisotopic (exact) mass is 132 g/mol. The van der Waals surface area contributed by atoms with Crippen LogP contribution in [-0.4, -0.2) is 19.4 Å². The first-order chi connectivity index (χ1) is 4.25. The molecule has 0 amide bonds. The van der Waals surface area contributed by atoms with Crippen LogP contribution in [0.2, 0.25) is 0 Å². The number of alkyl halides is 1. The molecule has 1 heterocycles. The quantitative estimate of drug-likeness (QED) is 0.527. The molecule has 3 atom stereocenters. The van der Waals surface area contributed by atoms with Crippen molar-refractivity contribution in [3.63, 3.8) is 0 Å². The highest BCUT2D eigenvalue weighted by Crippen LogP contribution is 2.26. The first-order valence-electron chi connectivity index (χ1n) is 3.43. The Labute approximate surface area is 55.2 Å². The molecular weight excluding hydrogens is 119 g/mol. The molecule has 0 N–H and O–H groups in total. The van der Waals surface area contributed by atoms with Gasteiger partial charge in [-0.1, -0.05) is 6.92 Å². The standard InChI is InChI=1S/C7H13FO/c1-5-6(2)9-4-7(5)3-8/h5-7H,3-4H2,1-2H3. The normalized spacial score (nSPS) is 43.7. The minimum Gasteiger partial charge on any atom is -0.378 e. The van der Waals surface area contributed by atoms with Gasteiger partial charge in [-0.3, -0.25) is 4.39 Å². The van der Waals surface area contributed by atoms with E-state index < -0.39 is 0 Å². The molecule has 0 aromatic rings. The van der Waals surface area contributed by atoms with Crippen molar-refractivity contribution in [1.29, 1.82) is 0 Å². The number of hydrogen-bond acceptors (Lipinski definition) is 1. The largest absolute Gasteiger partial charge is 0.378 e. The van der Waals surface area contributed by atoms with Crippen LogP contribution in [0.15, 0.2) is 0 Å². The molecule has 0 bridgehead atoms. The van der Waals surface area contributed by atoms with Crippen LogP contribution < -0.4 is 0 Å². The Kier molecular flexibility index (Phi) is 2.06. The van der Waals surface area contributed by atoms with Crippen molar-refractivity contribution in [3.05, 3.63) is 0 Å². The van der Waals surface area contributed by atoms with Crippen LogP contribution in [0, 0.1) is 11.8 Å². The second kappa shape index (κ2) is 2.65. The van der Waals surface area contributed by atoms with Gasteiger partial charge in [-0.15, -0.1) is 0 Å². The van der Waals surface area contributed by atoms with E-state index in [1.165, 1.54) is 0 Å². The molecule has 1 fully saturated rings. The average molecular weight is 132 g/mol. The van der Waals surface area contributed by atoms with Crippen molar-refractivity contribution >= 4 is 0 Å². The molecule has 2 heteroatoms. The Morgan fingerprint density at radius 1 is 1.56 bits per heavy atom. The number of halogens is 1. The minimum atomic E-state index is -0.231. The molecule has 0 spiro atoms. The summed E-state index contributed by atoms with van der Waals surface area (Å²) in [5.74, 6) is 0.551. The van der Waals surface area contributed by atoms with E-state index in [-0.39, 0.29) is 18.7 Å². The molecule has 0 aromatic carbocycles. The molecule has 1 saturated heterocycles. The molecule has 0 aromatic heterocycles. The lowest BCUT2D eigenvalue weighted by atomic mass is 9.95. The fourth-order valence-electron chi connectivity index (χ4n) is 1.15. The third-order valence-electron chi connectivity index (χ3n) is 2.26. The molecule has 1 aliphatic heterocycles. The Hall–Kier alpha value is -0.110. The molecule has 9 heavy (non-hydrogen) atoms. The van der Waals surface area contributed by atoms with Gasteiger partial charge in [0.25, 0.3) is 0 Å². The van der Waals surface area contributed by atoms with Gasteiger partial charge in [-0.05, 0) is 12.8 Å². The smallest absolute Gasteiger partial charge is 0.0948 e. The maximum Gasteiger partial charge on any atom is 0.0948 e. The summed E-state index contributed by atoms with van der Waals surface area (Å²) in [4.78, 5) is 0. The first-order valence-corrected chi connectivity index (χ1v) is 3.43. The lowest BCUT2D eigenvalue weighted by Gasteiger charge is -2.10. The van der Waals surface area contributed by atoms with Crippen molar-refractivity contribution in [2.75, 3.05) is 13.3 Å². The highest BCUT2D eigenvalue weighted by Gasteiger charge is 2.30. The SMILES string of the molecule is CC1OCC(CF)C1C. The van der Waals surface area contributed by atoms with E-state index in [2.05, 4.69) is 0 Å². The summed E-state index contributed by atoms with van der Waals surface area (Å²) in [7, 11) is 0. The Morgan fingerprint density at radius 2 is 2.22 bits per heavy atom. The summed E-state index contributed by atoms with van der Waals surface area (Å²) < 4.78 is 17.3. The van der Waals surface area contributed by atoms with Crippen LogP contribution in [0.4, 0.5) is 4.39 Å². The molecule has 1 rings (SSSR count). The van der Waals surface area contributed by atoms with Crippen molar-refractivity contribution in [2.24, 2.45) is 11.8 Å². The summed E-state index contributed by atoms with van der Waals surface area (Å²) in [5, 5.41) is 0. The average Bonchev–Trinajstić information content (AvgIpc) is 2.15. The van der Waals surface area contributed by atoms with Gasteiger partial charge in [0.1, 0.15) is 0 Å². The molecule has 0 radical (unpaired) electrons. The summed E-state index contributed by atoms with van der Waals surface area (Å²) >= 11 is 0. The first kappa shape index (κ1) is 7.00. The predicted molar refractivity (Wildman–Crippen MR) is 34.0 cm³/mol. The third kappa shape index (κ3) is 1.23. The zero-order valence-electron chi connectivity index (χ0n) is 5.93. The fourth-order valence-corrected chi connectivity index (χ4v) is 1.15. The van der Waals surface area contributed by atoms with Gasteiger partial charge >= 0.3 is 0 Å². The third-order valence-corrected chi connectivity index (χ3v) is 2.26. The van der Waals surface area contributed by atoms with Crippen LogP contribution in [0.25, 0.3) is 0 Å². The number of ether oxygens (including phenoxy) is 1. The topological polar surface area (TPSA) is 9.23 Å². The van der Waals surface area contributed by atoms with E-state index in [1.54, 1.807) is 0 Å². The maximum atomic E-state index is 12.0. The van der Waals surface area contributed by atoms with Crippen molar-refractivity contribution in [2.45, 2.75) is 20.0 Å². The van der Waals surface area contributed by atoms with E-state index in [0.29, 0.717) is 12.5 Å². The van der Waals surface area contributed by atoms with E-state index in [0.717, 1.165) is 0 Å². The van der Waals surface area contributed by atoms with E-state index >= 15 is 0 Å². The van der Waals surface area contributed by atoms with Crippen LogP contribution in [0.3, 0.4) is 0 Å². The zero-order chi connectivity index (χ0) is 6.85. The highest BCUT2D eigenvalue weighted by molar-refractivity contribution is 4.76. The van der Waals surface area contributed by atoms with Gasteiger partial charge in [0.05, 0.1) is 19.4 Å². The molecule has 0 aliphatic carbocycles. The van der Waals surface area contributed by atoms with Crippen LogP contribution in [0.1, 0.15) is 13.8 Å². The van der Waals surface area contributed by atoms with Crippen molar-refractivity contribution in [1.82, 2.24) is 0 Å². The Balaban J connectivity index is 2.41. The van der Waals surface area contributed by atoms with Gasteiger partial charge in [-0.25, -0.2) is 0 Å². The van der Waals surface area contributed by atoms with Gasteiger partial charge in [0, 0.05) is 5.92 Å². The molecular formula is C7H13FO. The van der Waals surface area contributed by atoms with Gasteiger partial charge in [0.15, 0.2) is 0 Å². The summed E-state index contributed by atoms with van der Waals surface area (Å²) in [5.41, 5.74) is 0. The predicted octanol–water partition coefficient (Wildman–Crippen LogP) is 1.63. The number of rotatable bonds is 1. The van der Waals surface area contributed by atoms with Crippen LogP contribution >= 0.6 is 0 Å². The van der Waals surface area contributed by atoms with Gasteiger partial charge < -0.3 is 4.74 Å².